The summed E-state index contributed by atoms with van der Waals surface area (Å²) in [5, 5.41) is 2.92. The van der Waals surface area contributed by atoms with Crippen LogP contribution in [-0.2, 0) is 6.18 Å². The van der Waals surface area contributed by atoms with E-state index in [0.29, 0.717) is 5.56 Å². The number of benzene rings is 1. The Morgan fingerprint density at radius 1 is 1.20 bits per heavy atom. The summed E-state index contributed by atoms with van der Waals surface area (Å²) in [6, 6.07) is 2.29. The molecule has 2 nitrogen and oxygen atoms in total. The van der Waals surface area contributed by atoms with E-state index in [0.717, 1.165) is 32.0 Å². The van der Waals surface area contributed by atoms with Crippen molar-refractivity contribution in [2.24, 2.45) is 0 Å². The fraction of sp³-hybridized carbons (Fsp3) is 0.571. The molecule has 112 valence electrons. The van der Waals surface area contributed by atoms with E-state index in [-0.39, 0.29) is 11.7 Å². The smallest absolute Gasteiger partial charge is 0.380 e. The van der Waals surface area contributed by atoms with Gasteiger partial charge < -0.3 is 10.2 Å². The van der Waals surface area contributed by atoms with Gasteiger partial charge in [-0.25, -0.2) is 4.39 Å². The largest absolute Gasteiger partial charge is 0.419 e. The van der Waals surface area contributed by atoms with Gasteiger partial charge in [-0.05, 0) is 57.6 Å². The fourth-order valence-electron chi connectivity index (χ4n) is 2.45. The Kier molecular flexibility index (Phi) is 4.22. The second-order valence-electron chi connectivity index (χ2n) is 5.39. The third kappa shape index (κ3) is 3.42. The van der Waals surface area contributed by atoms with Crippen LogP contribution in [0.25, 0.3) is 0 Å². The topological polar surface area (TPSA) is 15.3 Å². The van der Waals surface area contributed by atoms with Crippen LogP contribution >= 0.6 is 0 Å². The summed E-state index contributed by atoms with van der Waals surface area (Å²) in [5.41, 5.74) is -0.853. The molecule has 0 bridgehead atoms. The minimum Gasteiger partial charge on any atom is -0.380 e. The molecule has 1 N–H and O–H groups in total. The van der Waals surface area contributed by atoms with E-state index in [1.54, 1.807) is 0 Å². The molecule has 1 aromatic carbocycles. The molecular weight excluding hydrogens is 272 g/mol. The van der Waals surface area contributed by atoms with Gasteiger partial charge in [0.1, 0.15) is 0 Å². The molecule has 1 aliphatic rings. The minimum absolute atomic E-state index is 0.0172. The average molecular weight is 290 g/mol. The van der Waals surface area contributed by atoms with Crippen molar-refractivity contribution in [1.29, 1.82) is 0 Å². The number of aryl methyl sites for hydroxylation is 1. The molecule has 1 fully saturated rings. The number of piperidine rings is 1. The number of nitrogens with zero attached hydrogens (tertiary/aromatic N) is 1. The maximum Gasteiger partial charge on any atom is 0.419 e. The first-order valence-corrected chi connectivity index (χ1v) is 6.60. The predicted molar refractivity (Wildman–Crippen MR) is 70.3 cm³/mol. The molecule has 0 aromatic heterocycles. The van der Waals surface area contributed by atoms with Gasteiger partial charge in [0.2, 0.25) is 0 Å². The normalized spacial score (nSPS) is 18.3. The van der Waals surface area contributed by atoms with E-state index in [1.807, 2.05) is 7.05 Å². The molecule has 20 heavy (non-hydrogen) atoms. The molecule has 1 heterocycles. The van der Waals surface area contributed by atoms with Crippen molar-refractivity contribution in [3.63, 3.8) is 0 Å². The predicted octanol–water partition coefficient (Wildman–Crippen LogP) is 3.66. The second kappa shape index (κ2) is 5.60. The van der Waals surface area contributed by atoms with Gasteiger partial charge in [0.05, 0.1) is 11.3 Å². The van der Waals surface area contributed by atoms with Gasteiger partial charge in [-0.3, -0.25) is 0 Å². The van der Waals surface area contributed by atoms with Crippen LogP contribution in [0.5, 0.6) is 0 Å². The lowest BCUT2D eigenvalue weighted by Crippen LogP contribution is -2.37. The standard InChI is InChI=1S/C14H18F4N2/c1-9-7-11(14(16,17)18)13(15)12(8-9)19-10-3-5-20(2)6-4-10/h7-8,10,19H,3-6H2,1-2H3. The van der Waals surface area contributed by atoms with Crippen molar-refractivity contribution < 1.29 is 17.6 Å². The maximum atomic E-state index is 14.0. The van der Waals surface area contributed by atoms with E-state index in [4.69, 9.17) is 0 Å². The van der Waals surface area contributed by atoms with Crippen LogP contribution in [0.3, 0.4) is 0 Å². The van der Waals surface area contributed by atoms with Crippen molar-refractivity contribution in [1.82, 2.24) is 4.90 Å². The van der Waals surface area contributed by atoms with Crippen molar-refractivity contribution in [2.45, 2.75) is 32.0 Å². The monoisotopic (exact) mass is 290 g/mol. The molecule has 0 atom stereocenters. The van der Waals surface area contributed by atoms with Crippen LogP contribution in [0.1, 0.15) is 24.0 Å². The Balaban J connectivity index is 2.21. The summed E-state index contributed by atoms with van der Waals surface area (Å²) in [6.07, 6.45) is -3.07. The highest BCUT2D eigenvalue weighted by Crippen LogP contribution is 2.35. The lowest BCUT2D eigenvalue weighted by Gasteiger charge is -2.30. The number of anilines is 1. The Morgan fingerprint density at radius 3 is 2.35 bits per heavy atom. The fourth-order valence-corrected chi connectivity index (χ4v) is 2.45. The zero-order valence-corrected chi connectivity index (χ0v) is 11.5. The Hall–Kier alpha value is -1.30. The number of hydrogen-bond acceptors (Lipinski definition) is 2. The van der Waals surface area contributed by atoms with Gasteiger partial charge in [0.25, 0.3) is 0 Å². The summed E-state index contributed by atoms with van der Waals surface area (Å²) < 4.78 is 52.3. The van der Waals surface area contributed by atoms with Crippen LogP contribution in [0.15, 0.2) is 12.1 Å². The first-order chi connectivity index (χ1) is 9.27. The lowest BCUT2D eigenvalue weighted by molar-refractivity contribution is -0.139. The highest BCUT2D eigenvalue weighted by Gasteiger charge is 2.35. The van der Waals surface area contributed by atoms with Gasteiger partial charge in [0, 0.05) is 6.04 Å². The molecule has 0 saturated carbocycles. The van der Waals surface area contributed by atoms with E-state index < -0.39 is 17.6 Å². The zero-order valence-electron chi connectivity index (χ0n) is 11.5. The molecule has 2 rings (SSSR count). The van der Waals surface area contributed by atoms with Gasteiger partial charge in [0.15, 0.2) is 5.82 Å². The number of nitrogens with one attached hydrogen (secondary N) is 1. The molecule has 0 aliphatic carbocycles. The summed E-state index contributed by atoms with van der Waals surface area (Å²) in [7, 11) is 1.99. The number of rotatable bonds is 2. The van der Waals surface area contributed by atoms with Gasteiger partial charge in [-0.1, -0.05) is 0 Å². The SMILES string of the molecule is Cc1cc(NC2CCN(C)CC2)c(F)c(C(F)(F)F)c1. The van der Waals surface area contributed by atoms with Crippen molar-refractivity contribution in [2.75, 3.05) is 25.5 Å². The molecule has 1 aromatic rings. The summed E-state index contributed by atoms with van der Waals surface area (Å²) >= 11 is 0. The Morgan fingerprint density at radius 2 is 1.80 bits per heavy atom. The Labute approximate surface area is 115 Å². The minimum atomic E-state index is -4.67. The zero-order chi connectivity index (χ0) is 14.9. The summed E-state index contributed by atoms with van der Waals surface area (Å²) in [6.45, 7) is 3.25. The van der Waals surface area contributed by atoms with Gasteiger partial charge in [-0.2, -0.15) is 13.2 Å². The molecule has 0 radical (unpaired) electrons. The van der Waals surface area contributed by atoms with Crippen LogP contribution in [-0.4, -0.2) is 31.1 Å². The number of likely N-dealkylation sites (tertiary alicyclic amines) is 1. The highest BCUT2D eigenvalue weighted by atomic mass is 19.4. The highest BCUT2D eigenvalue weighted by molar-refractivity contribution is 5.52. The van der Waals surface area contributed by atoms with Crippen molar-refractivity contribution in [3.8, 4) is 0 Å². The van der Waals surface area contributed by atoms with E-state index >= 15 is 0 Å². The van der Waals surface area contributed by atoms with Crippen molar-refractivity contribution in [3.05, 3.63) is 29.1 Å². The molecule has 0 amide bonds. The third-order valence-electron chi connectivity index (χ3n) is 3.60. The first kappa shape index (κ1) is 15.1. The first-order valence-electron chi connectivity index (χ1n) is 6.60. The third-order valence-corrected chi connectivity index (χ3v) is 3.60. The van der Waals surface area contributed by atoms with Crippen LogP contribution < -0.4 is 5.32 Å². The number of halogens is 4. The Bertz CT molecular complexity index is 477. The quantitative estimate of drug-likeness (QED) is 0.836. The van der Waals surface area contributed by atoms with Crippen LogP contribution in [0.4, 0.5) is 23.2 Å². The summed E-state index contributed by atoms with van der Waals surface area (Å²) in [4.78, 5) is 2.14. The van der Waals surface area contributed by atoms with Gasteiger partial charge in [-0.15, -0.1) is 0 Å². The molecule has 0 spiro atoms. The van der Waals surface area contributed by atoms with Crippen molar-refractivity contribution >= 4 is 5.69 Å². The number of alkyl halides is 3. The lowest BCUT2D eigenvalue weighted by atomic mass is 10.0. The molecular formula is C14H18F4N2. The maximum absolute atomic E-state index is 14.0. The molecule has 0 unspecified atom stereocenters. The van der Waals surface area contributed by atoms with E-state index in [2.05, 4.69) is 10.2 Å². The summed E-state index contributed by atoms with van der Waals surface area (Å²) in [5.74, 6) is -1.21. The van der Waals surface area contributed by atoms with Gasteiger partial charge >= 0.3 is 6.18 Å². The molecule has 6 heteroatoms. The molecule has 1 saturated heterocycles. The van der Waals surface area contributed by atoms with Crippen LogP contribution in [0.2, 0.25) is 0 Å². The van der Waals surface area contributed by atoms with Crippen LogP contribution in [0, 0.1) is 12.7 Å². The molecule has 1 aliphatic heterocycles. The second-order valence-corrected chi connectivity index (χ2v) is 5.39. The average Bonchev–Trinajstić information content (AvgIpc) is 2.35. The van der Waals surface area contributed by atoms with E-state index in [9.17, 15) is 17.6 Å². The van der Waals surface area contributed by atoms with E-state index in [1.165, 1.54) is 13.0 Å². The number of hydrogen-bond donors (Lipinski definition) is 1.